The number of anilines is 1. The van der Waals surface area contributed by atoms with E-state index in [1.54, 1.807) is 6.20 Å². The van der Waals surface area contributed by atoms with Crippen LogP contribution in [0.5, 0.6) is 0 Å². The molecular weight excluding hydrogens is 293 g/mol. The van der Waals surface area contributed by atoms with Gasteiger partial charge in [-0.2, -0.15) is 0 Å². The quantitative estimate of drug-likeness (QED) is 0.828. The van der Waals surface area contributed by atoms with Crippen molar-refractivity contribution in [1.82, 2.24) is 9.55 Å². The fourth-order valence-corrected chi connectivity index (χ4v) is 1.48. The highest BCUT2D eigenvalue weighted by molar-refractivity contribution is 14.1. The molecule has 80 valence electrons. The molecule has 0 aliphatic rings. The van der Waals surface area contributed by atoms with Gasteiger partial charge in [0, 0.05) is 7.05 Å². The van der Waals surface area contributed by atoms with Crippen LogP contribution < -0.4 is 5.32 Å². The number of rotatable bonds is 4. The van der Waals surface area contributed by atoms with E-state index in [1.165, 1.54) is 0 Å². The van der Waals surface area contributed by atoms with Crippen molar-refractivity contribution in [1.29, 1.82) is 0 Å². The number of aromatic nitrogens is 2. The molecule has 0 unspecified atom stereocenters. The molecule has 0 fully saturated rings. The molecule has 0 saturated heterocycles. The van der Waals surface area contributed by atoms with E-state index >= 15 is 0 Å². The van der Waals surface area contributed by atoms with Crippen molar-refractivity contribution >= 4 is 28.5 Å². The maximum atomic E-state index is 9.15. The molecule has 0 aliphatic heterocycles. The summed E-state index contributed by atoms with van der Waals surface area (Å²) in [6, 6.07) is 0.0619. The molecule has 2 N–H and O–H groups in total. The molecule has 0 amide bonds. The van der Waals surface area contributed by atoms with Gasteiger partial charge < -0.3 is 15.0 Å². The van der Waals surface area contributed by atoms with E-state index in [2.05, 4.69) is 46.7 Å². The van der Waals surface area contributed by atoms with Gasteiger partial charge in [0.15, 0.2) is 0 Å². The summed E-state index contributed by atoms with van der Waals surface area (Å²) in [7, 11) is 1.95. The molecule has 0 aliphatic carbocycles. The van der Waals surface area contributed by atoms with Gasteiger partial charge in [-0.15, -0.1) is 0 Å². The van der Waals surface area contributed by atoms with Crippen LogP contribution >= 0.6 is 22.6 Å². The lowest BCUT2D eigenvalue weighted by atomic mass is 10.1. The van der Waals surface area contributed by atoms with Crippen molar-refractivity contribution in [2.45, 2.75) is 19.9 Å². The Labute approximate surface area is 97.9 Å². The molecule has 1 atom stereocenters. The maximum Gasteiger partial charge on any atom is 0.203 e. The first kappa shape index (κ1) is 11.8. The molecule has 1 rings (SSSR count). The fourth-order valence-electron chi connectivity index (χ4n) is 1.11. The Morgan fingerprint density at radius 2 is 2.29 bits per heavy atom. The largest absolute Gasteiger partial charge is 0.394 e. The molecule has 5 heteroatoms. The molecule has 0 radical (unpaired) electrons. The lowest BCUT2D eigenvalue weighted by molar-refractivity contribution is 0.248. The monoisotopic (exact) mass is 309 g/mol. The van der Waals surface area contributed by atoms with E-state index in [1.807, 2.05) is 11.6 Å². The third kappa shape index (κ3) is 2.60. The first-order chi connectivity index (χ1) is 6.56. The minimum absolute atomic E-state index is 0.0619. The number of nitrogens with one attached hydrogen (secondary N) is 1. The molecule has 1 aromatic rings. The highest BCUT2D eigenvalue weighted by Gasteiger charge is 2.14. The van der Waals surface area contributed by atoms with E-state index in [0.717, 1.165) is 9.65 Å². The minimum Gasteiger partial charge on any atom is -0.394 e. The van der Waals surface area contributed by atoms with Gasteiger partial charge in [-0.1, -0.05) is 13.8 Å². The number of halogens is 1. The van der Waals surface area contributed by atoms with Gasteiger partial charge in [-0.3, -0.25) is 0 Å². The van der Waals surface area contributed by atoms with Crippen LogP contribution in [0.15, 0.2) is 6.20 Å². The third-order valence-electron chi connectivity index (χ3n) is 2.25. The van der Waals surface area contributed by atoms with Gasteiger partial charge in [0.05, 0.1) is 18.8 Å². The lowest BCUT2D eigenvalue weighted by Crippen LogP contribution is -2.30. The van der Waals surface area contributed by atoms with Crippen LogP contribution in [-0.2, 0) is 7.05 Å². The summed E-state index contributed by atoms with van der Waals surface area (Å²) < 4.78 is 3.04. The normalized spacial score (nSPS) is 13.3. The molecule has 14 heavy (non-hydrogen) atoms. The van der Waals surface area contributed by atoms with Crippen LogP contribution in [0.1, 0.15) is 13.8 Å². The number of hydrogen-bond donors (Lipinski definition) is 2. The zero-order valence-electron chi connectivity index (χ0n) is 8.66. The fraction of sp³-hybridized carbons (Fsp3) is 0.667. The number of imidazole rings is 1. The van der Waals surface area contributed by atoms with E-state index < -0.39 is 0 Å². The molecule has 0 aromatic carbocycles. The highest BCUT2D eigenvalue weighted by Crippen LogP contribution is 2.13. The molecule has 4 nitrogen and oxygen atoms in total. The molecule has 0 spiro atoms. The predicted octanol–water partition coefficient (Wildman–Crippen LogP) is 1.45. The summed E-state index contributed by atoms with van der Waals surface area (Å²) in [6.07, 6.45) is 1.80. The Balaban J connectivity index is 2.72. The van der Waals surface area contributed by atoms with Crippen LogP contribution in [0.4, 0.5) is 5.95 Å². The van der Waals surface area contributed by atoms with Gasteiger partial charge in [-0.25, -0.2) is 4.98 Å². The van der Waals surface area contributed by atoms with Crippen molar-refractivity contribution < 1.29 is 5.11 Å². The summed E-state index contributed by atoms with van der Waals surface area (Å²) in [5, 5.41) is 12.4. The predicted molar refractivity (Wildman–Crippen MR) is 65.3 cm³/mol. The van der Waals surface area contributed by atoms with Crippen molar-refractivity contribution in [2.75, 3.05) is 11.9 Å². The average molecular weight is 309 g/mol. The van der Waals surface area contributed by atoms with Crippen LogP contribution in [0.25, 0.3) is 0 Å². The SMILES string of the molecule is CC(C)[C@@H](CO)Nc1ncc(I)n1C. The van der Waals surface area contributed by atoms with Gasteiger partial charge in [0.25, 0.3) is 0 Å². The molecule has 0 bridgehead atoms. The van der Waals surface area contributed by atoms with Crippen LogP contribution in [0.2, 0.25) is 0 Å². The molecular formula is C9H16IN3O. The van der Waals surface area contributed by atoms with E-state index in [9.17, 15) is 0 Å². The number of hydrogen-bond acceptors (Lipinski definition) is 3. The Morgan fingerprint density at radius 3 is 2.64 bits per heavy atom. The third-order valence-corrected chi connectivity index (χ3v) is 3.25. The van der Waals surface area contributed by atoms with Gasteiger partial charge in [0.1, 0.15) is 3.70 Å². The minimum atomic E-state index is 0.0619. The first-order valence-corrected chi connectivity index (χ1v) is 5.68. The second kappa shape index (κ2) is 4.97. The summed E-state index contributed by atoms with van der Waals surface area (Å²) >= 11 is 2.22. The van der Waals surface area contributed by atoms with Crippen molar-refractivity contribution in [2.24, 2.45) is 13.0 Å². The van der Waals surface area contributed by atoms with E-state index in [-0.39, 0.29) is 12.6 Å². The lowest BCUT2D eigenvalue weighted by Gasteiger charge is -2.20. The smallest absolute Gasteiger partial charge is 0.203 e. The first-order valence-electron chi connectivity index (χ1n) is 4.61. The Kier molecular flexibility index (Phi) is 4.18. The Hall–Kier alpha value is -0.300. The summed E-state index contributed by atoms with van der Waals surface area (Å²) in [5.74, 6) is 1.19. The topological polar surface area (TPSA) is 50.1 Å². The zero-order chi connectivity index (χ0) is 10.7. The van der Waals surface area contributed by atoms with Crippen LogP contribution in [0.3, 0.4) is 0 Å². The summed E-state index contributed by atoms with van der Waals surface area (Å²) in [4.78, 5) is 4.22. The number of aliphatic hydroxyl groups is 1. The van der Waals surface area contributed by atoms with E-state index in [4.69, 9.17) is 5.11 Å². The molecule has 1 aromatic heterocycles. The van der Waals surface area contributed by atoms with Crippen molar-refractivity contribution in [3.05, 3.63) is 9.90 Å². The van der Waals surface area contributed by atoms with Crippen molar-refractivity contribution in [3.63, 3.8) is 0 Å². The summed E-state index contributed by atoms with van der Waals surface area (Å²) in [6.45, 7) is 4.27. The van der Waals surface area contributed by atoms with Crippen LogP contribution in [0, 0.1) is 9.62 Å². The van der Waals surface area contributed by atoms with Gasteiger partial charge in [0.2, 0.25) is 5.95 Å². The second-order valence-electron chi connectivity index (χ2n) is 3.64. The molecule has 0 saturated carbocycles. The Bertz CT molecular complexity index is 298. The Morgan fingerprint density at radius 1 is 1.64 bits per heavy atom. The highest BCUT2D eigenvalue weighted by atomic mass is 127. The maximum absolute atomic E-state index is 9.15. The standard InChI is InChI=1S/C9H16IN3O/c1-6(2)7(5-14)12-9-11-4-8(10)13(9)3/h4,6-7,14H,5H2,1-3H3,(H,11,12)/t7-/m1/s1. The number of nitrogens with zero attached hydrogens (tertiary/aromatic N) is 2. The molecule has 1 heterocycles. The average Bonchev–Trinajstić information content (AvgIpc) is 2.44. The summed E-state index contributed by atoms with van der Waals surface area (Å²) in [5.41, 5.74) is 0. The van der Waals surface area contributed by atoms with Crippen LogP contribution in [-0.4, -0.2) is 27.3 Å². The number of aliphatic hydroxyl groups excluding tert-OH is 1. The zero-order valence-corrected chi connectivity index (χ0v) is 10.8. The van der Waals surface area contributed by atoms with Crippen molar-refractivity contribution in [3.8, 4) is 0 Å². The van der Waals surface area contributed by atoms with E-state index in [0.29, 0.717) is 5.92 Å². The second-order valence-corrected chi connectivity index (χ2v) is 4.75. The van der Waals surface area contributed by atoms with Gasteiger partial charge in [-0.05, 0) is 28.5 Å². The van der Waals surface area contributed by atoms with Gasteiger partial charge >= 0.3 is 0 Å².